The first-order valence-electron chi connectivity index (χ1n) is 4.34. The van der Waals surface area contributed by atoms with E-state index in [-0.39, 0.29) is 11.7 Å². The Bertz CT molecular complexity index is 216. The highest BCUT2D eigenvalue weighted by atomic mass is 16.3. The van der Waals surface area contributed by atoms with Crippen LogP contribution in [0.3, 0.4) is 0 Å². The monoisotopic (exact) mass is 168 g/mol. The summed E-state index contributed by atoms with van der Waals surface area (Å²) in [6.45, 7) is 7.37. The minimum Gasteiger partial charge on any atom is -0.382 e. The van der Waals surface area contributed by atoms with Crippen LogP contribution in [0, 0.1) is 5.92 Å². The number of carbonyl (C=O) groups excluding carboxylic acids is 1. The summed E-state index contributed by atoms with van der Waals surface area (Å²) in [5.74, 6) is 0.250. The van der Waals surface area contributed by atoms with E-state index in [1.54, 1.807) is 6.92 Å². The van der Waals surface area contributed by atoms with Gasteiger partial charge in [0.25, 0.3) is 0 Å². The molecule has 0 amide bonds. The van der Waals surface area contributed by atoms with Crippen LogP contribution in [0.4, 0.5) is 0 Å². The highest BCUT2D eigenvalue weighted by molar-refractivity contribution is 5.87. The van der Waals surface area contributed by atoms with Crippen molar-refractivity contribution in [3.63, 3.8) is 0 Å². The second-order valence-electron chi connectivity index (χ2n) is 3.98. The fourth-order valence-electron chi connectivity index (χ4n) is 1.56. The van der Waals surface area contributed by atoms with Gasteiger partial charge in [0.1, 0.15) is 5.60 Å². The molecular formula is C10H16O2. The maximum absolute atomic E-state index is 11.3. The molecule has 0 aromatic rings. The average molecular weight is 168 g/mol. The molecule has 12 heavy (non-hydrogen) atoms. The third-order valence-electron chi connectivity index (χ3n) is 2.71. The van der Waals surface area contributed by atoms with E-state index in [1.807, 2.05) is 6.92 Å². The Morgan fingerprint density at radius 2 is 2.33 bits per heavy atom. The molecule has 2 heteroatoms. The number of hydrogen-bond donors (Lipinski definition) is 1. The lowest BCUT2D eigenvalue weighted by Crippen LogP contribution is -2.40. The van der Waals surface area contributed by atoms with Gasteiger partial charge in [0.05, 0.1) is 0 Å². The van der Waals surface area contributed by atoms with Gasteiger partial charge in [0.2, 0.25) is 0 Å². The van der Waals surface area contributed by atoms with E-state index < -0.39 is 5.60 Å². The van der Waals surface area contributed by atoms with Crippen LogP contribution in [0.25, 0.3) is 0 Å². The van der Waals surface area contributed by atoms with E-state index >= 15 is 0 Å². The van der Waals surface area contributed by atoms with Gasteiger partial charge in [-0.3, -0.25) is 4.79 Å². The van der Waals surface area contributed by atoms with Crippen molar-refractivity contribution in [1.29, 1.82) is 0 Å². The number of ketones is 1. The first-order valence-corrected chi connectivity index (χ1v) is 4.34. The molecule has 1 saturated carbocycles. The molecule has 1 N–H and O–H groups in total. The number of allylic oxidation sites excluding steroid dienone is 1. The van der Waals surface area contributed by atoms with E-state index in [1.165, 1.54) is 0 Å². The predicted octanol–water partition coefficient (Wildman–Crippen LogP) is 1.68. The summed E-state index contributed by atoms with van der Waals surface area (Å²) in [7, 11) is 0. The standard InChI is InChI=1S/C10H16O2/c1-7(2)8-4-5-10(3,12)9(11)6-8/h8,12H,1,4-6H2,2-3H3/t8-,10-/m0/s1. The molecule has 0 saturated heterocycles. The van der Waals surface area contributed by atoms with Gasteiger partial charge < -0.3 is 5.11 Å². The molecule has 0 unspecified atom stereocenters. The van der Waals surface area contributed by atoms with E-state index in [2.05, 4.69) is 6.58 Å². The molecule has 0 radical (unpaired) electrons. The number of carbonyl (C=O) groups is 1. The van der Waals surface area contributed by atoms with Crippen LogP contribution in [0.15, 0.2) is 12.2 Å². The van der Waals surface area contributed by atoms with Crippen molar-refractivity contribution >= 4 is 5.78 Å². The molecule has 1 fully saturated rings. The number of rotatable bonds is 1. The molecular weight excluding hydrogens is 152 g/mol. The van der Waals surface area contributed by atoms with Gasteiger partial charge in [-0.05, 0) is 32.6 Å². The lowest BCUT2D eigenvalue weighted by Gasteiger charge is -2.31. The molecule has 0 aromatic carbocycles. The van der Waals surface area contributed by atoms with Crippen molar-refractivity contribution < 1.29 is 9.90 Å². The SMILES string of the molecule is C=C(C)[C@H]1CC[C@](C)(O)C(=O)C1. The quantitative estimate of drug-likeness (QED) is 0.605. The summed E-state index contributed by atoms with van der Waals surface area (Å²) >= 11 is 0. The zero-order valence-electron chi connectivity index (χ0n) is 7.76. The molecule has 1 aliphatic rings. The second-order valence-corrected chi connectivity index (χ2v) is 3.98. The van der Waals surface area contributed by atoms with Crippen LogP contribution >= 0.6 is 0 Å². The molecule has 68 valence electrons. The second kappa shape index (κ2) is 3.02. The van der Waals surface area contributed by atoms with E-state index in [0.29, 0.717) is 12.8 Å². The van der Waals surface area contributed by atoms with E-state index in [4.69, 9.17) is 0 Å². The maximum atomic E-state index is 11.3. The zero-order chi connectivity index (χ0) is 9.35. The molecule has 0 bridgehead atoms. The minimum absolute atomic E-state index is 0.0400. The third kappa shape index (κ3) is 1.75. The van der Waals surface area contributed by atoms with E-state index in [9.17, 15) is 9.90 Å². The van der Waals surface area contributed by atoms with Gasteiger partial charge in [-0.2, -0.15) is 0 Å². The highest BCUT2D eigenvalue weighted by Gasteiger charge is 2.36. The minimum atomic E-state index is -1.08. The molecule has 0 spiro atoms. The third-order valence-corrected chi connectivity index (χ3v) is 2.71. The number of aliphatic hydroxyl groups is 1. The van der Waals surface area contributed by atoms with Gasteiger partial charge in [-0.25, -0.2) is 0 Å². The predicted molar refractivity (Wildman–Crippen MR) is 47.8 cm³/mol. The fraction of sp³-hybridized carbons (Fsp3) is 0.700. The molecule has 0 aliphatic heterocycles. The number of Topliss-reactive ketones (excluding diaryl/α,β-unsaturated/α-hetero) is 1. The summed E-state index contributed by atoms with van der Waals surface area (Å²) < 4.78 is 0. The molecule has 1 rings (SSSR count). The first kappa shape index (κ1) is 9.46. The smallest absolute Gasteiger partial charge is 0.164 e. The maximum Gasteiger partial charge on any atom is 0.164 e. The summed E-state index contributed by atoms with van der Waals surface area (Å²) in [5, 5.41) is 9.56. The Hall–Kier alpha value is -0.630. The molecule has 2 atom stereocenters. The largest absolute Gasteiger partial charge is 0.382 e. The Kier molecular flexibility index (Phi) is 2.38. The fourth-order valence-corrected chi connectivity index (χ4v) is 1.56. The van der Waals surface area contributed by atoms with Gasteiger partial charge in [0, 0.05) is 6.42 Å². The lowest BCUT2D eigenvalue weighted by atomic mass is 9.76. The lowest BCUT2D eigenvalue weighted by molar-refractivity contribution is -0.140. The van der Waals surface area contributed by atoms with Crippen molar-refractivity contribution in [2.24, 2.45) is 5.92 Å². The van der Waals surface area contributed by atoms with Crippen molar-refractivity contribution in [3.8, 4) is 0 Å². The van der Waals surface area contributed by atoms with Crippen molar-refractivity contribution in [2.75, 3.05) is 0 Å². The van der Waals surface area contributed by atoms with Crippen LogP contribution in [0.1, 0.15) is 33.1 Å². The Morgan fingerprint density at radius 3 is 2.75 bits per heavy atom. The van der Waals surface area contributed by atoms with Crippen LogP contribution < -0.4 is 0 Å². The van der Waals surface area contributed by atoms with Crippen LogP contribution in [0.5, 0.6) is 0 Å². The highest BCUT2D eigenvalue weighted by Crippen LogP contribution is 2.32. The summed E-state index contributed by atoms with van der Waals surface area (Å²) in [4.78, 5) is 11.3. The zero-order valence-corrected chi connectivity index (χ0v) is 7.76. The van der Waals surface area contributed by atoms with Crippen LogP contribution in [0.2, 0.25) is 0 Å². The summed E-state index contributed by atoms with van der Waals surface area (Å²) in [6, 6.07) is 0. The molecule has 0 aromatic heterocycles. The van der Waals surface area contributed by atoms with Gasteiger partial charge >= 0.3 is 0 Å². The molecule has 2 nitrogen and oxygen atoms in total. The average Bonchev–Trinajstić information content (AvgIpc) is 1.94. The summed E-state index contributed by atoms with van der Waals surface area (Å²) in [5.41, 5.74) is -0.0229. The van der Waals surface area contributed by atoms with Gasteiger partial charge in [0.15, 0.2) is 5.78 Å². The molecule has 1 aliphatic carbocycles. The Morgan fingerprint density at radius 1 is 1.75 bits per heavy atom. The topological polar surface area (TPSA) is 37.3 Å². The molecule has 0 heterocycles. The Balaban J connectivity index is 2.64. The van der Waals surface area contributed by atoms with Gasteiger partial charge in [-0.15, -0.1) is 0 Å². The van der Waals surface area contributed by atoms with Gasteiger partial charge in [-0.1, -0.05) is 12.2 Å². The van der Waals surface area contributed by atoms with Crippen LogP contribution in [-0.2, 0) is 4.79 Å². The van der Waals surface area contributed by atoms with Crippen molar-refractivity contribution in [3.05, 3.63) is 12.2 Å². The Labute approximate surface area is 73.3 Å². The first-order chi connectivity index (χ1) is 5.43. The summed E-state index contributed by atoms with van der Waals surface area (Å²) in [6.07, 6.45) is 1.92. The van der Waals surface area contributed by atoms with Crippen molar-refractivity contribution in [1.82, 2.24) is 0 Å². The van der Waals surface area contributed by atoms with Crippen LogP contribution in [-0.4, -0.2) is 16.5 Å². The number of hydrogen-bond acceptors (Lipinski definition) is 2. The normalized spacial score (nSPS) is 36.6. The van der Waals surface area contributed by atoms with E-state index in [0.717, 1.165) is 12.0 Å². The van der Waals surface area contributed by atoms with Crippen molar-refractivity contribution in [2.45, 2.75) is 38.7 Å².